The molecule has 0 aliphatic heterocycles. The Morgan fingerprint density at radius 1 is 1.00 bits per heavy atom. The molecule has 0 heterocycles. The zero-order valence-corrected chi connectivity index (χ0v) is 7.99. The molecule has 0 rings (SSSR count). The molecule has 0 radical (unpaired) electrons. The van der Waals surface area contributed by atoms with E-state index in [-0.39, 0.29) is 19.5 Å². The van der Waals surface area contributed by atoms with E-state index in [1.165, 1.54) is 0 Å². The average molecular weight is 191 g/mol. The van der Waals surface area contributed by atoms with Crippen LogP contribution in [-0.2, 0) is 28.6 Å². The normalized spacial score (nSPS) is 6.00. The monoisotopic (exact) mass is 190 g/mol. The summed E-state index contributed by atoms with van der Waals surface area (Å²) in [7, 11) is -2.17. The van der Waals surface area contributed by atoms with Gasteiger partial charge in [0.05, 0.1) is 17.4 Å². The van der Waals surface area contributed by atoms with Gasteiger partial charge in [-0.15, -0.1) is 0 Å². The van der Waals surface area contributed by atoms with Crippen LogP contribution in [0.1, 0.15) is 0 Å². The van der Waals surface area contributed by atoms with Gasteiger partial charge >= 0.3 is 19.5 Å². The van der Waals surface area contributed by atoms with Gasteiger partial charge in [0, 0.05) is 0 Å². The van der Waals surface area contributed by atoms with Crippen molar-refractivity contribution in [3.8, 4) is 0 Å². The van der Waals surface area contributed by atoms with Crippen molar-refractivity contribution in [3.05, 3.63) is 0 Å². The minimum Gasteiger partial charge on any atom is -0.772 e. The van der Waals surface area contributed by atoms with E-state index in [0.29, 0.717) is 0 Å². The molecular weight excluding hydrogens is 191 g/mol. The van der Waals surface area contributed by atoms with Crippen molar-refractivity contribution in [2.24, 2.45) is 0 Å². The molecule has 0 spiro atoms. The first-order chi connectivity index (χ1) is 2.83. The minimum absolute atomic E-state index is 0. The van der Waals surface area contributed by atoms with Crippen LogP contribution in [0.2, 0.25) is 0 Å². The molecule has 0 aromatic rings. The fraction of sp³-hybridized carbons (Fsp3) is 0. The maximum absolute atomic E-state index is 8.35. The van der Waals surface area contributed by atoms with Crippen molar-refractivity contribution >= 4 is 17.4 Å². The minimum atomic E-state index is -1.08. The third kappa shape index (κ3) is 275. The predicted molar refractivity (Wildman–Crippen MR) is 15.2 cm³/mol. The van der Waals surface area contributed by atoms with Crippen LogP contribution < -0.4 is 9.79 Å². The van der Waals surface area contributed by atoms with Crippen LogP contribution >= 0.6 is 17.4 Å². The van der Waals surface area contributed by atoms with Crippen LogP contribution in [-0.4, -0.2) is 0 Å². The molecule has 0 bridgehead atoms. The first-order valence-corrected chi connectivity index (χ1v) is 2.19. The molecule has 0 fully saturated rings. The molecule has 7 heavy (non-hydrogen) atoms. The number of hydrogen-bond donors (Lipinski definition) is 0. The second-order valence-electron chi connectivity index (χ2n) is 0.149. The Labute approximate surface area is 56.3 Å². The van der Waals surface area contributed by atoms with Crippen LogP contribution in [0.5, 0.6) is 0 Å². The van der Waals surface area contributed by atoms with Gasteiger partial charge in [0.25, 0.3) is 0 Å². The van der Waals surface area contributed by atoms with Gasteiger partial charge in [0.2, 0.25) is 0 Å². The van der Waals surface area contributed by atoms with Gasteiger partial charge in [-0.25, -0.2) is 0 Å². The molecule has 0 unspecified atom stereocenters. The zero-order chi connectivity index (χ0) is 5.41. The second-order valence-corrected chi connectivity index (χ2v) is 0.447. The molecule has 0 aliphatic carbocycles. The largest absolute Gasteiger partial charge is 2.00 e. The van der Waals surface area contributed by atoms with Gasteiger partial charge in [-0.1, -0.05) is 0 Å². The molecule has 0 atom stereocenters. The van der Waals surface area contributed by atoms with Gasteiger partial charge in [0.15, 0.2) is 0 Å². The first kappa shape index (κ1) is 15.6. The Balaban J connectivity index is -0.0000000400. The van der Waals surface area contributed by atoms with E-state index < -0.39 is 17.4 Å². The van der Waals surface area contributed by atoms with E-state index in [1.54, 1.807) is 0 Å². The Kier molecular flexibility index (Phi) is 66.1. The van der Waals surface area contributed by atoms with Gasteiger partial charge in [-0.05, 0) is 0 Å². The predicted octanol–water partition coefficient (Wildman–Crippen LogP) is -0.896. The van der Waals surface area contributed by atoms with E-state index in [0.717, 1.165) is 0 Å². The van der Waals surface area contributed by atoms with E-state index in [2.05, 4.69) is 0 Å². The van der Waals surface area contributed by atoms with Gasteiger partial charge < -0.3 is 9.79 Å². The van der Waals surface area contributed by atoms with Gasteiger partial charge in [-0.2, -0.15) is 0 Å². The summed E-state index contributed by atoms with van der Waals surface area (Å²) < 4.78 is 16.7. The fourth-order valence-corrected chi connectivity index (χ4v) is 0. The average Bonchev–Trinajstić information content (AvgIpc) is 1.39. The summed E-state index contributed by atoms with van der Waals surface area (Å²) in [5.74, 6) is 0. The number of rotatable bonds is 0. The molecule has 4 nitrogen and oxygen atoms in total. The van der Waals surface area contributed by atoms with E-state index in [9.17, 15) is 0 Å². The summed E-state index contributed by atoms with van der Waals surface area (Å²) in [5, 5.41) is 0. The van der Waals surface area contributed by atoms with Crippen LogP contribution in [0.15, 0.2) is 0 Å². The van der Waals surface area contributed by atoms with Crippen LogP contribution in [0, 0.1) is 0 Å². The summed E-state index contributed by atoms with van der Waals surface area (Å²) in [5.41, 5.74) is 0. The Bertz CT molecular complexity index is 30.7. The summed E-state index contributed by atoms with van der Waals surface area (Å²) in [4.78, 5) is 16.7. The van der Waals surface area contributed by atoms with Crippen molar-refractivity contribution in [2.45, 2.75) is 0 Å². The number of hydrogen-bond acceptors (Lipinski definition) is 4. The van der Waals surface area contributed by atoms with Crippen LogP contribution in [0.4, 0.5) is 0 Å². The van der Waals surface area contributed by atoms with Crippen molar-refractivity contribution < 1.29 is 38.4 Å². The summed E-state index contributed by atoms with van der Waals surface area (Å²) in [6.07, 6.45) is 0. The molecule has 0 N–H and O–H groups in total. The molecule has 0 aromatic carbocycles. The quantitative estimate of drug-likeness (QED) is 0.367. The van der Waals surface area contributed by atoms with E-state index in [1.807, 2.05) is 0 Å². The topological polar surface area (TPSA) is 80.3 Å². The third-order valence-corrected chi connectivity index (χ3v) is 0. The van der Waals surface area contributed by atoms with Crippen molar-refractivity contribution in [1.29, 1.82) is 0 Å². The maximum atomic E-state index is 8.35. The van der Waals surface area contributed by atoms with Crippen LogP contribution in [0.3, 0.4) is 0 Å². The molecule has 0 aromatic heterocycles. The van der Waals surface area contributed by atoms with E-state index >= 15 is 0 Å². The Morgan fingerprint density at radius 3 is 1.00 bits per heavy atom. The van der Waals surface area contributed by atoms with E-state index in [4.69, 9.17) is 18.9 Å². The summed E-state index contributed by atoms with van der Waals surface area (Å²) in [6.45, 7) is 0. The molecule has 0 saturated heterocycles. The smallest absolute Gasteiger partial charge is 0.772 e. The summed E-state index contributed by atoms with van der Waals surface area (Å²) in [6, 6.07) is 0. The second kappa shape index (κ2) is 29.6. The fourth-order valence-electron chi connectivity index (χ4n) is 0. The SMILES string of the molecule is O=P[O-].O=P[O-].[Zn+2]. The van der Waals surface area contributed by atoms with Crippen molar-refractivity contribution in [2.75, 3.05) is 0 Å². The van der Waals surface area contributed by atoms with Crippen LogP contribution in [0.25, 0.3) is 0 Å². The Hall–Kier alpha value is 0.743. The molecule has 0 saturated carbocycles. The maximum Gasteiger partial charge on any atom is 2.00 e. The molecule has 0 amide bonds. The Morgan fingerprint density at radius 2 is 1.00 bits per heavy atom. The third-order valence-electron chi connectivity index (χ3n) is 0. The summed E-state index contributed by atoms with van der Waals surface area (Å²) >= 11 is 0. The van der Waals surface area contributed by atoms with Gasteiger partial charge in [0.1, 0.15) is 0 Å². The standard InChI is InChI=1S/2HO2P.Zn/c2*1-3-2;/h2*(H,1,2);/q;;+2/p-2. The van der Waals surface area contributed by atoms with Crippen molar-refractivity contribution in [1.82, 2.24) is 0 Å². The van der Waals surface area contributed by atoms with Crippen molar-refractivity contribution in [3.63, 3.8) is 0 Å². The zero-order valence-electron chi connectivity index (χ0n) is 3.23. The van der Waals surface area contributed by atoms with Gasteiger partial charge in [-0.3, -0.25) is 9.13 Å². The molecular formula is O4P2Zn. The molecule has 0 aliphatic rings. The molecule has 36 valence electrons. The first-order valence-electron chi connectivity index (χ1n) is 0.730. The molecule has 7 heteroatoms.